The van der Waals surface area contributed by atoms with E-state index < -0.39 is 0 Å². The molecule has 0 aliphatic carbocycles. The topological polar surface area (TPSA) is 0 Å². The van der Waals surface area contributed by atoms with Crippen molar-refractivity contribution in [3.63, 3.8) is 0 Å². The number of halogens is 2. The number of hydrogen-bond acceptors (Lipinski definition) is 0. The summed E-state index contributed by atoms with van der Waals surface area (Å²) < 4.78 is 0.928. The molecule has 0 aliphatic heterocycles. The van der Waals surface area contributed by atoms with E-state index in [0.717, 1.165) is 14.1 Å². The minimum atomic E-state index is 0.718. The fourth-order valence-corrected chi connectivity index (χ4v) is 1.06. The number of rotatable bonds is 0. The summed E-state index contributed by atoms with van der Waals surface area (Å²) in [5.41, 5.74) is 0.739. The van der Waals surface area contributed by atoms with Crippen LogP contribution >= 0.6 is 34.2 Å². The predicted octanol–water partition coefficient (Wildman–Crippen LogP) is 1.74. The van der Waals surface area contributed by atoms with Crippen molar-refractivity contribution in [2.45, 2.75) is 0 Å². The first-order valence-electron chi connectivity index (χ1n) is 2.41. The van der Waals surface area contributed by atoms with Crippen LogP contribution in [0.15, 0.2) is 18.2 Å². The Hall–Kier alpha value is 0.305. The van der Waals surface area contributed by atoms with Crippen LogP contribution in [0.1, 0.15) is 0 Å². The van der Waals surface area contributed by atoms with Gasteiger partial charge in [-0.2, -0.15) is 0 Å². The van der Waals surface area contributed by atoms with Gasteiger partial charge in [0.05, 0.1) is 5.02 Å². The van der Waals surface area contributed by atoms with Gasteiger partial charge in [0.2, 0.25) is 0 Å². The normalized spacial score (nSPS) is 9.56. The van der Waals surface area contributed by atoms with Crippen LogP contribution in [0.3, 0.4) is 0 Å². The summed E-state index contributed by atoms with van der Waals surface area (Å²) in [5.74, 6) is 0. The molecule has 0 aromatic heterocycles. The first-order valence-corrected chi connectivity index (χ1v) is 3.87. The summed E-state index contributed by atoms with van der Waals surface area (Å²) in [6, 6.07) is 5.48. The Bertz CT molecular complexity index is 204. The maximum absolute atomic E-state index is 5.73. The zero-order valence-electron chi connectivity index (χ0n) is 4.57. The van der Waals surface area contributed by atoms with E-state index in [1.165, 1.54) is 0 Å². The Kier molecular flexibility index (Phi) is 2.41. The summed E-state index contributed by atoms with van der Waals surface area (Å²) in [5, 5.41) is 0.718. The molecule has 1 aromatic rings. The van der Waals surface area contributed by atoms with Crippen LogP contribution in [-0.2, 0) is 0 Å². The zero-order chi connectivity index (χ0) is 6.85. The van der Waals surface area contributed by atoms with Gasteiger partial charge < -0.3 is 0 Å². The van der Waals surface area contributed by atoms with Crippen LogP contribution in [0.5, 0.6) is 0 Å². The Balaban J connectivity index is 3.25. The molecule has 0 nitrogen and oxygen atoms in total. The summed E-state index contributed by atoms with van der Waals surface area (Å²) in [7, 11) is 5.53. The van der Waals surface area contributed by atoms with Crippen molar-refractivity contribution >= 4 is 47.5 Å². The lowest BCUT2D eigenvalue weighted by molar-refractivity contribution is 1.71. The van der Waals surface area contributed by atoms with E-state index in [1.807, 2.05) is 18.2 Å². The van der Waals surface area contributed by atoms with Crippen LogP contribution in [0.25, 0.3) is 0 Å². The van der Waals surface area contributed by atoms with Crippen molar-refractivity contribution in [1.29, 1.82) is 0 Å². The quantitative estimate of drug-likeness (QED) is 0.484. The number of hydrogen-bond donors (Lipinski definition) is 0. The van der Waals surface area contributed by atoms with Gasteiger partial charge in [-0.25, -0.2) is 0 Å². The van der Waals surface area contributed by atoms with Gasteiger partial charge in [-0.3, -0.25) is 0 Å². The fourth-order valence-electron chi connectivity index (χ4n) is 0.520. The molecule has 0 bridgehead atoms. The molecule has 0 atom stereocenters. The third kappa shape index (κ3) is 1.61. The minimum absolute atomic E-state index is 0.718. The van der Waals surface area contributed by atoms with Gasteiger partial charge in [0, 0.05) is 3.57 Å². The van der Waals surface area contributed by atoms with Crippen molar-refractivity contribution in [2.24, 2.45) is 0 Å². The summed E-state index contributed by atoms with van der Waals surface area (Å²) in [4.78, 5) is 0. The highest BCUT2D eigenvalue weighted by Crippen LogP contribution is 2.13. The van der Waals surface area contributed by atoms with Crippen LogP contribution in [0, 0.1) is 3.57 Å². The second-order valence-corrected chi connectivity index (χ2v) is 3.13. The molecule has 44 valence electrons. The van der Waals surface area contributed by atoms with Gasteiger partial charge in [-0.05, 0) is 28.7 Å². The summed E-state index contributed by atoms with van der Waals surface area (Å²) in [6.45, 7) is 0. The van der Waals surface area contributed by atoms with E-state index in [1.54, 1.807) is 0 Å². The maximum Gasteiger partial charge on any atom is 0.115 e. The van der Waals surface area contributed by atoms with E-state index in [2.05, 4.69) is 22.6 Å². The first-order chi connectivity index (χ1) is 4.22. The van der Waals surface area contributed by atoms with E-state index in [-0.39, 0.29) is 0 Å². The standard InChI is InChI=1S/C6H3BClI/c7-4-2-1-3-5(8)6(4)9/h1-3H. The van der Waals surface area contributed by atoms with Gasteiger partial charge in [0.25, 0.3) is 0 Å². The molecule has 0 spiro atoms. The molecule has 1 aromatic carbocycles. The molecule has 3 heteroatoms. The monoisotopic (exact) mass is 248 g/mol. The molecule has 1 rings (SSSR count). The first kappa shape index (κ1) is 7.41. The third-order valence-electron chi connectivity index (χ3n) is 0.981. The molecule has 0 fully saturated rings. The van der Waals surface area contributed by atoms with Gasteiger partial charge in [-0.15, -0.1) is 0 Å². The molecule has 2 radical (unpaired) electrons. The molecule has 0 saturated heterocycles. The van der Waals surface area contributed by atoms with Gasteiger partial charge in [0.15, 0.2) is 0 Å². The SMILES string of the molecule is [B]c1cccc(Cl)c1I. The molecule has 0 unspecified atom stereocenters. The Morgan fingerprint density at radius 2 is 2.11 bits per heavy atom. The van der Waals surface area contributed by atoms with Crippen molar-refractivity contribution < 1.29 is 0 Å². The van der Waals surface area contributed by atoms with E-state index in [9.17, 15) is 0 Å². The lowest BCUT2D eigenvalue weighted by Crippen LogP contribution is -2.05. The van der Waals surface area contributed by atoms with Crippen molar-refractivity contribution in [3.05, 3.63) is 26.8 Å². The predicted molar refractivity (Wildman–Crippen MR) is 49.6 cm³/mol. The van der Waals surface area contributed by atoms with E-state index >= 15 is 0 Å². The lowest BCUT2D eigenvalue weighted by atomic mass is 9.97. The average Bonchev–Trinajstić information content (AvgIpc) is 1.83. The molecular formula is C6H3BClI. The van der Waals surface area contributed by atoms with E-state index in [4.69, 9.17) is 19.4 Å². The van der Waals surface area contributed by atoms with Crippen molar-refractivity contribution in [2.75, 3.05) is 0 Å². The van der Waals surface area contributed by atoms with Crippen LogP contribution in [0.2, 0.25) is 5.02 Å². The molecule has 0 saturated carbocycles. The highest BCUT2D eigenvalue weighted by Gasteiger charge is 1.95. The zero-order valence-corrected chi connectivity index (χ0v) is 7.48. The summed E-state index contributed by atoms with van der Waals surface area (Å²) in [6.07, 6.45) is 0. The van der Waals surface area contributed by atoms with Gasteiger partial charge in [0.1, 0.15) is 7.85 Å². The highest BCUT2D eigenvalue weighted by atomic mass is 127. The second kappa shape index (κ2) is 2.93. The molecule has 0 N–H and O–H groups in total. The average molecular weight is 248 g/mol. The maximum atomic E-state index is 5.73. The fraction of sp³-hybridized carbons (Fsp3) is 0. The van der Waals surface area contributed by atoms with Crippen molar-refractivity contribution in [1.82, 2.24) is 0 Å². The number of benzene rings is 1. The smallest absolute Gasteiger partial charge is 0.0832 e. The van der Waals surface area contributed by atoms with Crippen LogP contribution in [-0.4, -0.2) is 7.85 Å². The van der Waals surface area contributed by atoms with Crippen LogP contribution in [0.4, 0.5) is 0 Å². The third-order valence-corrected chi connectivity index (χ3v) is 2.82. The minimum Gasteiger partial charge on any atom is -0.0832 e. The molecule has 0 aliphatic rings. The Morgan fingerprint density at radius 1 is 1.44 bits per heavy atom. The molecular weight excluding hydrogens is 245 g/mol. The lowest BCUT2D eigenvalue weighted by Gasteiger charge is -1.97. The second-order valence-electron chi connectivity index (χ2n) is 1.64. The summed E-state index contributed by atoms with van der Waals surface area (Å²) >= 11 is 7.84. The molecule has 0 heterocycles. The van der Waals surface area contributed by atoms with Gasteiger partial charge in [-0.1, -0.05) is 29.2 Å². The largest absolute Gasteiger partial charge is 0.115 e. The van der Waals surface area contributed by atoms with Crippen molar-refractivity contribution in [3.8, 4) is 0 Å². The van der Waals surface area contributed by atoms with Gasteiger partial charge >= 0.3 is 0 Å². The van der Waals surface area contributed by atoms with E-state index in [0.29, 0.717) is 0 Å². The Labute approximate surface area is 74.1 Å². The highest BCUT2D eigenvalue weighted by molar-refractivity contribution is 14.1. The van der Waals surface area contributed by atoms with Crippen LogP contribution < -0.4 is 5.46 Å². The molecule has 9 heavy (non-hydrogen) atoms. The molecule has 0 amide bonds. The Morgan fingerprint density at radius 3 is 2.56 bits per heavy atom.